The summed E-state index contributed by atoms with van der Waals surface area (Å²) in [6.07, 6.45) is 16.0. The average Bonchev–Trinajstić information content (AvgIpc) is 2.70. The molecule has 5 atom stereocenters. The fraction of sp³-hybridized carbons (Fsp3) is 0.607. The summed E-state index contributed by atoms with van der Waals surface area (Å²) in [5, 5.41) is 10.2. The Morgan fingerprint density at radius 1 is 1.00 bits per heavy atom. The largest absolute Gasteiger partial charge is 0.504 e. The summed E-state index contributed by atoms with van der Waals surface area (Å²) in [6.45, 7) is 14.2. The van der Waals surface area contributed by atoms with Gasteiger partial charge in [-0.15, -0.1) is 0 Å². The van der Waals surface area contributed by atoms with Crippen LogP contribution in [0.15, 0.2) is 57.9 Å². The summed E-state index contributed by atoms with van der Waals surface area (Å²) < 4.78 is 0. The molecule has 0 amide bonds. The van der Waals surface area contributed by atoms with E-state index >= 15 is 0 Å². The molecule has 5 rings (SSSR count). The van der Waals surface area contributed by atoms with E-state index in [9.17, 15) is 9.90 Å². The zero-order valence-corrected chi connectivity index (χ0v) is 19.5. The Hall–Kier alpha value is -1.83. The number of rotatable bonds is 0. The van der Waals surface area contributed by atoms with Gasteiger partial charge in [0.15, 0.2) is 5.76 Å². The molecule has 1 N–H and O–H groups in total. The van der Waals surface area contributed by atoms with Gasteiger partial charge in [0.2, 0.25) is 5.78 Å². The van der Waals surface area contributed by atoms with E-state index in [-0.39, 0.29) is 27.8 Å². The van der Waals surface area contributed by atoms with Crippen molar-refractivity contribution in [2.45, 2.75) is 80.1 Å². The lowest BCUT2D eigenvalue weighted by molar-refractivity contribution is -0.126. The van der Waals surface area contributed by atoms with Crippen LogP contribution in [0, 0.1) is 27.6 Å². The monoisotopic (exact) mass is 404 g/mol. The molecular weight excluding hydrogens is 368 g/mol. The van der Waals surface area contributed by atoms with Crippen LogP contribution < -0.4 is 0 Å². The maximum Gasteiger partial charge on any atom is 0.220 e. The highest BCUT2D eigenvalue weighted by atomic mass is 16.3. The molecule has 2 nitrogen and oxygen atoms in total. The number of carbonyl (C=O) groups is 1. The van der Waals surface area contributed by atoms with Crippen molar-refractivity contribution in [2.24, 2.45) is 27.6 Å². The van der Waals surface area contributed by atoms with Gasteiger partial charge >= 0.3 is 0 Å². The van der Waals surface area contributed by atoms with Crippen molar-refractivity contribution in [3.63, 3.8) is 0 Å². The third kappa shape index (κ3) is 2.23. The first kappa shape index (κ1) is 20.1. The second-order valence-electron chi connectivity index (χ2n) is 11.8. The molecule has 2 saturated carbocycles. The highest BCUT2D eigenvalue weighted by molar-refractivity contribution is 6.06. The zero-order chi connectivity index (χ0) is 21.7. The van der Waals surface area contributed by atoms with Crippen LogP contribution in [-0.4, -0.2) is 10.9 Å². The van der Waals surface area contributed by atoms with E-state index in [4.69, 9.17) is 0 Å². The number of hydrogen-bond acceptors (Lipinski definition) is 2. The van der Waals surface area contributed by atoms with E-state index in [0.717, 1.165) is 23.1 Å². The minimum Gasteiger partial charge on any atom is -0.504 e. The standard InChI is InChI=1S/C28H36O2/c1-17-9-10-25(3)11-13-27(5)22-8-7-19-18(2)24(30)21(29)16-20(19)26(22,4)12-14-28(27,6)23(25)15-17/h7-9,16,23,30H,10-15H2,1-6H3/t23-,25-,26-,27-,28-/m1/s1. The molecule has 0 aromatic carbocycles. The van der Waals surface area contributed by atoms with Gasteiger partial charge in [0, 0.05) is 11.0 Å². The van der Waals surface area contributed by atoms with Gasteiger partial charge in [0.05, 0.1) is 0 Å². The Balaban J connectivity index is 1.67. The molecule has 0 spiro atoms. The quantitative estimate of drug-likeness (QED) is 0.435. The average molecular weight is 405 g/mol. The van der Waals surface area contributed by atoms with E-state index in [2.05, 4.69) is 52.8 Å². The van der Waals surface area contributed by atoms with E-state index < -0.39 is 0 Å². The van der Waals surface area contributed by atoms with Crippen molar-refractivity contribution in [1.82, 2.24) is 0 Å². The zero-order valence-electron chi connectivity index (χ0n) is 19.5. The number of carbonyl (C=O) groups excluding carboxylic acids is 1. The lowest BCUT2D eigenvalue weighted by Gasteiger charge is -2.68. The molecule has 0 aromatic rings. The third-order valence-corrected chi connectivity index (χ3v) is 10.4. The Kier molecular flexibility index (Phi) is 3.95. The molecule has 160 valence electrons. The van der Waals surface area contributed by atoms with E-state index in [1.165, 1.54) is 37.7 Å². The summed E-state index contributed by atoms with van der Waals surface area (Å²) in [5.41, 5.74) is 6.69. The van der Waals surface area contributed by atoms with Crippen LogP contribution in [-0.2, 0) is 4.79 Å². The smallest absolute Gasteiger partial charge is 0.220 e. The Morgan fingerprint density at radius 2 is 1.73 bits per heavy atom. The molecule has 0 aliphatic heterocycles. The SMILES string of the molecule is CC1=CC[C@]2(C)CC[C@]3(C)C4=CC=C5C(=CC(=O)C(O)=C5C)[C@@]4(C)CC[C@]3(C)[C@@H]2C1. The van der Waals surface area contributed by atoms with Crippen LogP contribution in [0.1, 0.15) is 80.1 Å². The van der Waals surface area contributed by atoms with Crippen molar-refractivity contribution in [2.75, 3.05) is 0 Å². The Bertz CT molecular complexity index is 1020. The van der Waals surface area contributed by atoms with Gasteiger partial charge < -0.3 is 5.11 Å². The second-order valence-corrected chi connectivity index (χ2v) is 11.8. The fourth-order valence-electron chi connectivity index (χ4n) is 8.10. The van der Waals surface area contributed by atoms with Crippen molar-refractivity contribution in [3.8, 4) is 0 Å². The number of aliphatic hydroxyl groups excluding tert-OH is 1. The molecule has 0 unspecified atom stereocenters. The summed E-state index contributed by atoms with van der Waals surface area (Å²) >= 11 is 0. The summed E-state index contributed by atoms with van der Waals surface area (Å²) in [5.74, 6) is 0.386. The molecule has 2 fully saturated rings. The number of ketones is 1. The maximum absolute atomic E-state index is 12.5. The van der Waals surface area contributed by atoms with Crippen LogP contribution in [0.3, 0.4) is 0 Å². The lowest BCUT2D eigenvalue weighted by atomic mass is 9.35. The molecule has 0 heterocycles. The van der Waals surface area contributed by atoms with Crippen LogP contribution in [0.2, 0.25) is 0 Å². The highest BCUT2D eigenvalue weighted by Crippen LogP contribution is 2.74. The van der Waals surface area contributed by atoms with Crippen LogP contribution in [0.4, 0.5) is 0 Å². The summed E-state index contributed by atoms with van der Waals surface area (Å²) in [7, 11) is 0. The second kappa shape index (κ2) is 5.90. The van der Waals surface area contributed by atoms with Gasteiger partial charge in [0.25, 0.3) is 0 Å². The van der Waals surface area contributed by atoms with Gasteiger partial charge in [-0.05, 0) is 91.8 Å². The molecule has 30 heavy (non-hydrogen) atoms. The molecule has 0 bridgehead atoms. The number of hydrogen-bond donors (Lipinski definition) is 1. The van der Waals surface area contributed by atoms with E-state index in [1.54, 1.807) is 11.6 Å². The molecule has 5 aliphatic carbocycles. The van der Waals surface area contributed by atoms with Gasteiger partial charge in [0.1, 0.15) is 0 Å². The molecule has 0 aromatic heterocycles. The van der Waals surface area contributed by atoms with Crippen molar-refractivity contribution >= 4 is 5.78 Å². The van der Waals surface area contributed by atoms with Gasteiger partial charge in [-0.3, -0.25) is 4.79 Å². The summed E-state index contributed by atoms with van der Waals surface area (Å²) in [6, 6.07) is 0. The molecule has 0 radical (unpaired) electrons. The van der Waals surface area contributed by atoms with Gasteiger partial charge in [-0.25, -0.2) is 0 Å². The minimum absolute atomic E-state index is 0.0878. The van der Waals surface area contributed by atoms with Crippen LogP contribution >= 0.6 is 0 Å². The van der Waals surface area contributed by atoms with Crippen molar-refractivity contribution in [3.05, 3.63) is 57.9 Å². The predicted octanol–water partition coefficient (Wildman–Crippen LogP) is 7.16. The third-order valence-electron chi connectivity index (χ3n) is 10.4. The van der Waals surface area contributed by atoms with E-state index in [0.29, 0.717) is 11.3 Å². The number of fused-ring (bicyclic) bond motifs is 7. The summed E-state index contributed by atoms with van der Waals surface area (Å²) in [4.78, 5) is 12.5. The lowest BCUT2D eigenvalue weighted by Crippen LogP contribution is -2.60. The topological polar surface area (TPSA) is 37.3 Å². The predicted molar refractivity (Wildman–Crippen MR) is 122 cm³/mol. The normalized spacial score (nSPS) is 45.3. The maximum atomic E-state index is 12.5. The van der Waals surface area contributed by atoms with Crippen LogP contribution in [0.25, 0.3) is 0 Å². The number of aliphatic hydroxyl groups is 1. The van der Waals surface area contributed by atoms with Crippen LogP contribution in [0.5, 0.6) is 0 Å². The van der Waals surface area contributed by atoms with Gasteiger partial charge in [-0.2, -0.15) is 0 Å². The molecule has 5 aliphatic rings. The molecule has 0 saturated heterocycles. The van der Waals surface area contributed by atoms with Gasteiger partial charge in [-0.1, -0.05) is 57.1 Å². The first-order chi connectivity index (χ1) is 14.0. The first-order valence-electron chi connectivity index (χ1n) is 11.7. The Morgan fingerprint density at radius 3 is 2.47 bits per heavy atom. The van der Waals surface area contributed by atoms with E-state index in [1.807, 2.05) is 6.92 Å². The molecule has 2 heteroatoms. The van der Waals surface area contributed by atoms with Crippen molar-refractivity contribution in [1.29, 1.82) is 0 Å². The highest BCUT2D eigenvalue weighted by Gasteiger charge is 2.65. The molecular formula is C28H36O2. The first-order valence-corrected chi connectivity index (χ1v) is 11.7. The minimum atomic E-state index is -0.232. The fourth-order valence-corrected chi connectivity index (χ4v) is 8.10. The Labute approximate surface area is 181 Å². The van der Waals surface area contributed by atoms with Crippen molar-refractivity contribution < 1.29 is 9.90 Å². The number of allylic oxidation sites excluding steroid dienone is 9.